The second kappa shape index (κ2) is 8.99. The van der Waals surface area contributed by atoms with Gasteiger partial charge in [0.1, 0.15) is 12.4 Å². The van der Waals surface area contributed by atoms with E-state index in [-0.39, 0.29) is 24.7 Å². The van der Waals surface area contributed by atoms with Gasteiger partial charge in [-0.15, -0.1) is 0 Å². The van der Waals surface area contributed by atoms with Crippen LogP contribution in [0.3, 0.4) is 0 Å². The number of ether oxygens (including phenoxy) is 2. The first-order chi connectivity index (χ1) is 10.9. The molecule has 0 atom stereocenters. The van der Waals surface area contributed by atoms with Crippen molar-refractivity contribution in [1.29, 1.82) is 0 Å². The van der Waals surface area contributed by atoms with Crippen LogP contribution >= 0.6 is 0 Å². The van der Waals surface area contributed by atoms with E-state index in [0.29, 0.717) is 0 Å². The van der Waals surface area contributed by atoms with Crippen LogP contribution in [-0.2, 0) is 15.7 Å². The maximum atomic E-state index is 12.8. The second-order valence-electron chi connectivity index (χ2n) is 4.42. The summed E-state index contributed by atoms with van der Waals surface area (Å²) >= 11 is 0. The molecule has 0 spiro atoms. The van der Waals surface area contributed by atoms with Crippen molar-refractivity contribution in [2.75, 3.05) is 25.6 Å². The van der Waals surface area contributed by atoms with Crippen LogP contribution in [0.1, 0.15) is 12.5 Å². The number of carbonyl (C=O) groups is 1. The lowest BCUT2D eigenvalue weighted by Crippen LogP contribution is -2.13. The predicted octanol–water partition coefficient (Wildman–Crippen LogP) is 3.80. The van der Waals surface area contributed by atoms with Gasteiger partial charge in [0.2, 0.25) is 5.91 Å². The molecule has 0 radical (unpaired) electrons. The molecule has 1 rings (SSSR count). The number of hydrogen-bond donors (Lipinski definition) is 1. The van der Waals surface area contributed by atoms with Crippen molar-refractivity contribution in [2.45, 2.75) is 13.1 Å². The zero-order chi connectivity index (χ0) is 17.3. The number of allylic oxidation sites excluding steroid dienone is 3. The van der Waals surface area contributed by atoms with Gasteiger partial charge < -0.3 is 14.8 Å². The summed E-state index contributed by atoms with van der Waals surface area (Å²) in [6.45, 7) is 2.20. The van der Waals surface area contributed by atoms with E-state index in [0.717, 1.165) is 12.1 Å². The normalized spacial score (nSPS) is 12.0. The summed E-state index contributed by atoms with van der Waals surface area (Å²) in [5.41, 5.74) is -0.921. The van der Waals surface area contributed by atoms with Gasteiger partial charge in [-0.3, -0.25) is 4.79 Å². The molecule has 1 N–H and O–H groups in total. The lowest BCUT2D eigenvalue weighted by molar-refractivity contribution is -0.137. The summed E-state index contributed by atoms with van der Waals surface area (Å²) in [5.74, 6) is -0.415. The van der Waals surface area contributed by atoms with Crippen LogP contribution in [-0.4, -0.2) is 26.2 Å². The fraction of sp³-hybridized carbons (Fsp3) is 0.312. The first-order valence-electron chi connectivity index (χ1n) is 6.81. The summed E-state index contributed by atoms with van der Waals surface area (Å²) in [6, 6.07) is 2.90. The molecule has 0 unspecified atom stereocenters. The molecule has 23 heavy (non-hydrogen) atoms. The average Bonchev–Trinajstić information content (AvgIpc) is 2.48. The van der Waals surface area contributed by atoms with Gasteiger partial charge in [0, 0.05) is 13.2 Å². The molecule has 0 fully saturated rings. The monoisotopic (exact) mass is 329 g/mol. The maximum Gasteiger partial charge on any atom is 0.416 e. The number of nitrogens with one attached hydrogen (secondary N) is 1. The van der Waals surface area contributed by atoms with Crippen LogP contribution in [0.4, 0.5) is 18.9 Å². The first kappa shape index (κ1) is 18.8. The molecule has 1 aromatic carbocycles. The fourth-order valence-electron chi connectivity index (χ4n) is 1.59. The van der Waals surface area contributed by atoms with Crippen molar-refractivity contribution < 1.29 is 27.4 Å². The molecular formula is C16H18F3NO3. The largest absolute Gasteiger partial charge is 0.489 e. The molecule has 126 valence electrons. The molecule has 4 nitrogen and oxygen atoms in total. The number of anilines is 1. The quantitative estimate of drug-likeness (QED) is 0.470. The van der Waals surface area contributed by atoms with Crippen LogP contribution in [0.5, 0.6) is 5.75 Å². The van der Waals surface area contributed by atoms with Gasteiger partial charge in [0.05, 0.1) is 17.9 Å². The highest BCUT2D eigenvalue weighted by Gasteiger charge is 2.31. The molecule has 0 aromatic heterocycles. The number of halogens is 3. The molecule has 0 heterocycles. The predicted molar refractivity (Wildman–Crippen MR) is 81.4 cm³/mol. The van der Waals surface area contributed by atoms with Crippen LogP contribution in [0, 0.1) is 0 Å². The molecule has 0 aliphatic carbocycles. The topological polar surface area (TPSA) is 47.6 Å². The molecule has 0 saturated heterocycles. The number of amides is 1. The van der Waals surface area contributed by atoms with Crippen LogP contribution in [0.15, 0.2) is 42.5 Å². The van der Waals surface area contributed by atoms with E-state index in [2.05, 4.69) is 5.32 Å². The van der Waals surface area contributed by atoms with Gasteiger partial charge in [0.25, 0.3) is 0 Å². The van der Waals surface area contributed by atoms with E-state index >= 15 is 0 Å². The van der Waals surface area contributed by atoms with E-state index in [1.165, 1.54) is 25.3 Å². The summed E-state index contributed by atoms with van der Waals surface area (Å²) in [5, 5.41) is 2.38. The molecule has 0 aliphatic heterocycles. The van der Waals surface area contributed by atoms with E-state index in [1.807, 2.05) is 0 Å². The Labute approximate surface area is 132 Å². The van der Waals surface area contributed by atoms with Gasteiger partial charge in [-0.25, -0.2) is 0 Å². The highest BCUT2D eigenvalue weighted by molar-refractivity contribution is 6.00. The number of carbonyl (C=O) groups excluding carboxylic acids is 1. The Hall–Kier alpha value is -2.28. The average molecular weight is 329 g/mol. The molecule has 0 aliphatic rings. The van der Waals surface area contributed by atoms with Gasteiger partial charge in [-0.05, 0) is 25.1 Å². The smallest absolute Gasteiger partial charge is 0.416 e. The molecule has 1 amide bonds. The van der Waals surface area contributed by atoms with E-state index in [4.69, 9.17) is 9.47 Å². The van der Waals surface area contributed by atoms with Crippen molar-refractivity contribution in [3.63, 3.8) is 0 Å². The molecule has 0 bridgehead atoms. The standard InChI is InChI=1S/C16H18F3NO3/c1-3-4-5-6-15(21)20-13-11-12(16(17,18)19)7-8-14(13)23-10-9-22-2/h3-8,11H,9-10H2,1-2H3,(H,20,21)/b4-3+,6-5+. The Morgan fingerprint density at radius 2 is 2.00 bits per heavy atom. The lowest BCUT2D eigenvalue weighted by Gasteiger charge is -2.14. The number of hydrogen-bond acceptors (Lipinski definition) is 3. The minimum absolute atomic E-state index is 0.0499. The van der Waals surface area contributed by atoms with Crippen molar-refractivity contribution in [3.8, 4) is 5.75 Å². The summed E-state index contributed by atoms with van der Waals surface area (Å²) in [7, 11) is 1.48. The van der Waals surface area contributed by atoms with Gasteiger partial charge in [0.15, 0.2) is 0 Å². The van der Waals surface area contributed by atoms with Crippen molar-refractivity contribution in [2.24, 2.45) is 0 Å². The van der Waals surface area contributed by atoms with E-state index in [9.17, 15) is 18.0 Å². The summed E-state index contributed by atoms with van der Waals surface area (Å²) in [4.78, 5) is 11.7. The number of alkyl halides is 3. The number of methoxy groups -OCH3 is 1. The molecular weight excluding hydrogens is 311 g/mol. The van der Waals surface area contributed by atoms with Gasteiger partial charge >= 0.3 is 6.18 Å². The third-order valence-electron chi connectivity index (χ3n) is 2.66. The third kappa shape index (κ3) is 6.56. The Morgan fingerprint density at radius 1 is 1.26 bits per heavy atom. The van der Waals surface area contributed by atoms with Crippen LogP contribution < -0.4 is 10.1 Å². The minimum Gasteiger partial charge on any atom is -0.489 e. The summed E-state index contributed by atoms with van der Waals surface area (Å²) < 4.78 is 48.5. The third-order valence-corrected chi connectivity index (χ3v) is 2.66. The van der Waals surface area contributed by atoms with Crippen molar-refractivity contribution in [1.82, 2.24) is 0 Å². The van der Waals surface area contributed by atoms with Crippen LogP contribution in [0.2, 0.25) is 0 Å². The minimum atomic E-state index is -4.51. The maximum absolute atomic E-state index is 12.8. The number of rotatable bonds is 7. The second-order valence-corrected chi connectivity index (χ2v) is 4.42. The molecule has 0 saturated carbocycles. The highest BCUT2D eigenvalue weighted by Crippen LogP contribution is 2.35. The highest BCUT2D eigenvalue weighted by atomic mass is 19.4. The van der Waals surface area contributed by atoms with E-state index in [1.54, 1.807) is 19.1 Å². The zero-order valence-electron chi connectivity index (χ0n) is 12.8. The molecule has 7 heteroatoms. The molecule has 1 aromatic rings. The lowest BCUT2D eigenvalue weighted by atomic mass is 10.1. The number of benzene rings is 1. The van der Waals surface area contributed by atoms with E-state index < -0.39 is 17.6 Å². The Kier molecular flexibility index (Phi) is 7.34. The Bertz CT molecular complexity index is 580. The van der Waals surface area contributed by atoms with Gasteiger partial charge in [-0.1, -0.05) is 18.2 Å². The van der Waals surface area contributed by atoms with Crippen LogP contribution in [0.25, 0.3) is 0 Å². The SMILES string of the molecule is C/C=C/C=C/C(=O)Nc1cc(C(F)(F)F)ccc1OCCOC. The Balaban J connectivity index is 2.99. The first-order valence-corrected chi connectivity index (χ1v) is 6.81. The van der Waals surface area contributed by atoms with Crippen molar-refractivity contribution in [3.05, 3.63) is 48.1 Å². The summed E-state index contributed by atoms with van der Waals surface area (Å²) in [6.07, 6.45) is 1.52. The van der Waals surface area contributed by atoms with Gasteiger partial charge in [-0.2, -0.15) is 13.2 Å². The fourth-order valence-corrected chi connectivity index (χ4v) is 1.59. The zero-order valence-corrected chi connectivity index (χ0v) is 12.8. The van der Waals surface area contributed by atoms with Crippen molar-refractivity contribution >= 4 is 11.6 Å². The Morgan fingerprint density at radius 3 is 2.61 bits per heavy atom.